The highest BCUT2D eigenvalue weighted by Gasteiger charge is 2.32. The first kappa shape index (κ1) is 17.8. The fourth-order valence-corrected chi connectivity index (χ4v) is 5.03. The number of rotatable bonds is 4. The molecule has 1 aliphatic heterocycles. The normalized spacial score (nSPS) is 21.2. The Bertz CT molecular complexity index is 1030. The molecule has 0 amide bonds. The third kappa shape index (κ3) is 3.31. The van der Waals surface area contributed by atoms with Gasteiger partial charge in [-0.2, -0.15) is 0 Å². The number of nitrogens with zero attached hydrogens (tertiary/aromatic N) is 1. The SMILES string of the molecule is Clc1cccc(C2=N[C@H]3CCCCC3N2)c1CCc1cccc2ccccc12. The fourth-order valence-electron chi connectivity index (χ4n) is 4.76. The summed E-state index contributed by atoms with van der Waals surface area (Å²) in [7, 11) is 0. The molecular weight excluding hydrogens is 364 g/mol. The van der Waals surface area contributed by atoms with Crippen LogP contribution in [0.15, 0.2) is 65.7 Å². The lowest BCUT2D eigenvalue weighted by Crippen LogP contribution is -2.37. The Labute approximate surface area is 171 Å². The third-order valence-corrected chi connectivity index (χ3v) is 6.60. The van der Waals surface area contributed by atoms with E-state index in [1.54, 1.807) is 0 Å². The zero-order valence-electron chi connectivity index (χ0n) is 16.0. The van der Waals surface area contributed by atoms with Crippen LogP contribution >= 0.6 is 11.6 Å². The van der Waals surface area contributed by atoms with Gasteiger partial charge in [-0.05, 0) is 53.6 Å². The van der Waals surface area contributed by atoms with Gasteiger partial charge in [-0.1, -0.05) is 79.0 Å². The Balaban J connectivity index is 1.44. The van der Waals surface area contributed by atoms with Crippen LogP contribution in [-0.4, -0.2) is 17.9 Å². The minimum Gasteiger partial charge on any atom is -0.365 e. The molecule has 1 N–H and O–H groups in total. The second-order valence-corrected chi connectivity index (χ2v) is 8.39. The number of benzene rings is 3. The van der Waals surface area contributed by atoms with Crippen molar-refractivity contribution in [1.82, 2.24) is 5.32 Å². The van der Waals surface area contributed by atoms with Crippen LogP contribution in [0.25, 0.3) is 10.8 Å². The smallest absolute Gasteiger partial charge is 0.129 e. The Kier molecular flexibility index (Phi) is 4.82. The van der Waals surface area contributed by atoms with Gasteiger partial charge < -0.3 is 5.32 Å². The monoisotopic (exact) mass is 388 g/mol. The Morgan fingerprint density at radius 3 is 2.64 bits per heavy atom. The van der Waals surface area contributed by atoms with Crippen LogP contribution in [-0.2, 0) is 12.8 Å². The molecule has 1 fully saturated rings. The summed E-state index contributed by atoms with van der Waals surface area (Å²) in [6.07, 6.45) is 6.91. The first-order chi connectivity index (χ1) is 13.8. The van der Waals surface area contributed by atoms with Crippen LogP contribution in [0.4, 0.5) is 0 Å². The maximum Gasteiger partial charge on any atom is 0.129 e. The number of hydrogen-bond donors (Lipinski definition) is 1. The summed E-state index contributed by atoms with van der Waals surface area (Å²) in [6.45, 7) is 0. The van der Waals surface area contributed by atoms with Gasteiger partial charge in [0.2, 0.25) is 0 Å². The summed E-state index contributed by atoms with van der Waals surface area (Å²) in [5, 5.41) is 7.17. The molecule has 2 atom stereocenters. The first-order valence-electron chi connectivity index (χ1n) is 10.4. The van der Waals surface area contributed by atoms with E-state index in [4.69, 9.17) is 16.6 Å². The van der Waals surface area contributed by atoms with Gasteiger partial charge in [0, 0.05) is 16.6 Å². The van der Waals surface area contributed by atoms with Gasteiger partial charge in [0.05, 0.1) is 6.04 Å². The van der Waals surface area contributed by atoms with Crippen LogP contribution in [0, 0.1) is 0 Å². The molecule has 2 nitrogen and oxygen atoms in total. The maximum atomic E-state index is 6.66. The molecule has 2 aliphatic rings. The van der Waals surface area contributed by atoms with Crippen molar-refractivity contribution in [3.63, 3.8) is 0 Å². The molecule has 142 valence electrons. The van der Waals surface area contributed by atoms with E-state index in [1.165, 1.54) is 53.1 Å². The molecule has 1 aliphatic carbocycles. The van der Waals surface area contributed by atoms with Gasteiger partial charge in [-0.25, -0.2) is 0 Å². The maximum absolute atomic E-state index is 6.66. The summed E-state index contributed by atoms with van der Waals surface area (Å²) < 4.78 is 0. The summed E-state index contributed by atoms with van der Waals surface area (Å²) in [5.41, 5.74) is 3.77. The van der Waals surface area contributed by atoms with Gasteiger partial charge in [0.15, 0.2) is 0 Å². The number of halogens is 1. The lowest BCUT2D eigenvalue weighted by Gasteiger charge is -2.23. The van der Waals surface area contributed by atoms with Crippen LogP contribution in [0.2, 0.25) is 5.02 Å². The van der Waals surface area contributed by atoms with Crippen molar-refractivity contribution in [2.75, 3.05) is 0 Å². The van der Waals surface area contributed by atoms with Crippen molar-refractivity contribution in [3.05, 3.63) is 82.4 Å². The molecule has 3 aromatic carbocycles. The van der Waals surface area contributed by atoms with Crippen LogP contribution < -0.4 is 5.32 Å². The molecule has 28 heavy (non-hydrogen) atoms. The molecule has 1 saturated carbocycles. The number of hydrogen-bond acceptors (Lipinski definition) is 2. The molecule has 1 unspecified atom stereocenters. The summed E-state index contributed by atoms with van der Waals surface area (Å²) in [4.78, 5) is 5.03. The van der Waals surface area contributed by atoms with Gasteiger partial charge in [-0.15, -0.1) is 0 Å². The van der Waals surface area contributed by atoms with E-state index >= 15 is 0 Å². The second kappa shape index (κ2) is 7.60. The van der Waals surface area contributed by atoms with Gasteiger partial charge in [-0.3, -0.25) is 4.99 Å². The van der Waals surface area contributed by atoms with Crippen molar-refractivity contribution < 1.29 is 0 Å². The van der Waals surface area contributed by atoms with E-state index in [0.717, 1.165) is 23.7 Å². The Morgan fingerprint density at radius 1 is 0.893 bits per heavy atom. The largest absolute Gasteiger partial charge is 0.365 e. The van der Waals surface area contributed by atoms with E-state index in [1.807, 2.05) is 12.1 Å². The summed E-state index contributed by atoms with van der Waals surface area (Å²) in [6, 6.07) is 22.3. The average Bonchev–Trinajstić information content (AvgIpc) is 3.17. The molecule has 5 rings (SSSR count). The zero-order valence-corrected chi connectivity index (χ0v) is 16.8. The van der Waals surface area contributed by atoms with Crippen molar-refractivity contribution in [3.8, 4) is 0 Å². The molecule has 3 aromatic rings. The Hall–Kier alpha value is -2.32. The highest BCUT2D eigenvalue weighted by Crippen LogP contribution is 2.30. The fraction of sp³-hybridized carbons (Fsp3) is 0.320. The predicted octanol–water partition coefficient (Wildman–Crippen LogP) is 5.94. The van der Waals surface area contributed by atoms with E-state index in [9.17, 15) is 0 Å². The van der Waals surface area contributed by atoms with E-state index in [-0.39, 0.29) is 0 Å². The molecule has 0 bridgehead atoms. The second-order valence-electron chi connectivity index (χ2n) is 7.98. The van der Waals surface area contributed by atoms with Gasteiger partial charge >= 0.3 is 0 Å². The highest BCUT2D eigenvalue weighted by molar-refractivity contribution is 6.32. The van der Waals surface area contributed by atoms with Crippen molar-refractivity contribution >= 4 is 28.2 Å². The molecule has 3 heteroatoms. The lowest BCUT2D eigenvalue weighted by molar-refractivity contribution is 0.385. The van der Waals surface area contributed by atoms with Crippen molar-refractivity contribution in [1.29, 1.82) is 0 Å². The zero-order chi connectivity index (χ0) is 18.9. The van der Waals surface area contributed by atoms with Crippen molar-refractivity contribution in [2.45, 2.75) is 50.6 Å². The topological polar surface area (TPSA) is 24.4 Å². The summed E-state index contributed by atoms with van der Waals surface area (Å²) in [5.74, 6) is 1.05. The van der Waals surface area contributed by atoms with E-state index in [0.29, 0.717) is 12.1 Å². The minimum absolute atomic E-state index is 0.439. The van der Waals surface area contributed by atoms with E-state index < -0.39 is 0 Å². The van der Waals surface area contributed by atoms with E-state index in [2.05, 4.69) is 53.8 Å². The molecule has 0 saturated heterocycles. The third-order valence-electron chi connectivity index (χ3n) is 6.24. The number of fused-ring (bicyclic) bond motifs is 2. The minimum atomic E-state index is 0.439. The highest BCUT2D eigenvalue weighted by atomic mass is 35.5. The van der Waals surface area contributed by atoms with Crippen LogP contribution in [0.1, 0.15) is 42.4 Å². The number of aryl methyl sites for hydroxylation is 1. The summed E-state index contributed by atoms with van der Waals surface area (Å²) >= 11 is 6.66. The van der Waals surface area contributed by atoms with Gasteiger partial charge in [0.25, 0.3) is 0 Å². The average molecular weight is 389 g/mol. The molecule has 0 aromatic heterocycles. The lowest BCUT2D eigenvalue weighted by atomic mass is 9.92. The van der Waals surface area contributed by atoms with Crippen LogP contribution in [0.5, 0.6) is 0 Å². The molecule has 0 radical (unpaired) electrons. The van der Waals surface area contributed by atoms with Crippen LogP contribution in [0.3, 0.4) is 0 Å². The predicted molar refractivity (Wildman–Crippen MR) is 119 cm³/mol. The standard InChI is InChI=1S/C25H25ClN2/c26-22-12-6-11-21(25-27-23-13-3-4-14-24(23)28-25)20(22)16-15-18-9-5-8-17-7-1-2-10-19(17)18/h1-2,5-12,23-24H,3-4,13-16H2,(H,27,28)/t23-,24?/m0/s1. The van der Waals surface area contributed by atoms with Gasteiger partial charge in [0.1, 0.15) is 5.84 Å². The quantitative estimate of drug-likeness (QED) is 0.587. The number of aliphatic imine (C=N–C) groups is 1. The number of amidine groups is 1. The van der Waals surface area contributed by atoms with Crippen molar-refractivity contribution in [2.24, 2.45) is 4.99 Å². The Morgan fingerprint density at radius 2 is 1.71 bits per heavy atom. The molecule has 1 heterocycles. The number of nitrogens with one attached hydrogen (secondary N) is 1. The molecular formula is C25H25ClN2. The first-order valence-corrected chi connectivity index (χ1v) is 10.8. The molecule has 0 spiro atoms.